The first-order valence-corrected chi connectivity index (χ1v) is 3.47. The zero-order valence-electron chi connectivity index (χ0n) is 5.99. The van der Waals surface area contributed by atoms with Gasteiger partial charge in [0.2, 0.25) is 0 Å². The van der Waals surface area contributed by atoms with Crippen LogP contribution in [0.25, 0.3) is 0 Å². The molecule has 3 heteroatoms. The Hall–Kier alpha value is -0.380. The van der Waals surface area contributed by atoms with E-state index in [1.807, 2.05) is 4.90 Å². The molecule has 58 valence electrons. The van der Waals surface area contributed by atoms with E-state index in [1.165, 1.54) is 6.08 Å². The molecular formula is C7H13NO2. The number of rotatable bonds is 2. The number of hydrogen-bond acceptors (Lipinski definition) is 3. The van der Waals surface area contributed by atoms with Gasteiger partial charge in [-0.1, -0.05) is 6.58 Å². The molecule has 1 rings (SSSR count). The molecule has 0 bridgehead atoms. The fraction of sp³-hybridized carbons (Fsp3) is 0.714. The number of aliphatic hydroxyl groups excluding tert-OH is 1. The van der Waals surface area contributed by atoms with Crippen molar-refractivity contribution in [2.75, 3.05) is 26.3 Å². The van der Waals surface area contributed by atoms with Crippen LogP contribution in [0.5, 0.6) is 0 Å². The van der Waals surface area contributed by atoms with Crippen molar-refractivity contribution in [2.45, 2.75) is 6.23 Å². The first-order chi connectivity index (χ1) is 4.84. The minimum Gasteiger partial charge on any atom is -0.379 e. The quantitative estimate of drug-likeness (QED) is 0.544. The zero-order chi connectivity index (χ0) is 7.40. The Balaban J connectivity index is 2.30. The van der Waals surface area contributed by atoms with E-state index in [0.717, 1.165) is 13.1 Å². The SMILES string of the molecule is C=CC(O)N1CCOCC1. The summed E-state index contributed by atoms with van der Waals surface area (Å²) in [5, 5.41) is 9.24. The number of aliphatic hydroxyl groups is 1. The van der Waals surface area contributed by atoms with Gasteiger partial charge in [-0.2, -0.15) is 0 Å². The van der Waals surface area contributed by atoms with Gasteiger partial charge < -0.3 is 9.84 Å². The molecule has 1 unspecified atom stereocenters. The molecule has 0 aromatic heterocycles. The van der Waals surface area contributed by atoms with E-state index in [0.29, 0.717) is 13.2 Å². The molecule has 0 aromatic rings. The van der Waals surface area contributed by atoms with E-state index in [9.17, 15) is 5.11 Å². The van der Waals surface area contributed by atoms with Crippen molar-refractivity contribution in [2.24, 2.45) is 0 Å². The van der Waals surface area contributed by atoms with Crippen LogP contribution >= 0.6 is 0 Å². The second kappa shape index (κ2) is 3.71. The summed E-state index contributed by atoms with van der Waals surface area (Å²) in [6, 6.07) is 0. The molecule has 1 N–H and O–H groups in total. The zero-order valence-corrected chi connectivity index (χ0v) is 5.99. The Labute approximate surface area is 60.9 Å². The second-order valence-corrected chi connectivity index (χ2v) is 2.30. The number of morpholine rings is 1. The molecule has 1 heterocycles. The molecule has 10 heavy (non-hydrogen) atoms. The first-order valence-electron chi connectivity index (χ1n) is 3.47. The van der Waals surface area contributed by atoms with Gasteiger partial charge in [0.1, 0.15) is 6.23 Å². The summed E-state index contributed by atoms with van der Waals surface area (Å²) in [4.78, 5) is 1.93. The molecule has 0 aromatic carbocycles. The molecule has 0 aliphatic carbocycles. The summed E-state index contributed by atoms with van der Waals surface area (Å²) < 4.78 is 5.11. The minimum atomic E-state index is -0.496. The highest BCUT2D eigenvalue weighted by atomic mass is 16.5. The Bertz CT molecular complexity index is 110. The lowest BCUT2D eigenvalue weighted by Crippen LogP contribution is -2.42. The molecule has 1 fully saturated rings. The number of ether oxygens (including phenoxy) is 1. The van der Waals surface area contributed by atoms with Crippen molar-refractivity contribution >= 4 is 0 Å². The molecule has 0 radical (unpaired) electrons. The Morgan fingerprint density at radius 2 is 2.10 bits per heavy atom. The lowest BCUT2D eigenvalue weighted by Gasteiger charge is -2.29. The van der Waals surface area contributed by atoms with E-state index < -0.39 is 6.23 Å². The van der Waals surface area contributed by atoms with E-state index in [4.69, 9.17) is 4.74 Å². The maximum Gasteiger partial charge on any atom is 0.126 e. The highest BCUT2D eigenvalue weighted by molar-refractivity contribution is 4.79. The van der Waals surface area contributed by atoms with E-state index in [1.54, 1.807) is 0 Å². The largest absolute Gasteiger partial charge is 0.379 e. The Morgan fingerprint density at radius 1 is 1.50 bits per heavy atom. The van der Waals surface area contributed by atoms with Gasteiger partial charge in [0.25, 0.3) is 0 Å². The highest BCUT2D eigenvalue weighted by Crippen LogP contribution is 2.01. The van der Waals surface area contributed by atoms with Crippen molar-refractivity contribution in [1.82, 2.24) is 4.90 Å². The third-order valence-corrected chi connectivity index (χ3v) is 1.63. The van der Waals surface area contributed by atoms with Crippen molar-refractivity contribution in [3.05, 3.63) is 12.7 Å². The van der Waals surface area contributed by atoms with Gasteiger partial charge in [0.05, 0.1) is 13.2 Å². The third kappa shape index (κ3) is 1.80. The van der Waals surface area contributed by atoms with Crippen molar-refractivity contribution < 1.29 is 9.84 Å². The van der Waals surface area contributed by atoms with Crippen LogP contribution < -0.4 is 0 Å². The lowest BCUT2D eigenvalue weighted by molar-refractivity contribution is -0.0357. The van der Waals surface area contributed by atoms with Crippen LogP contribution in [0.3, 0.4) is 0 Å². The lowest BCUT2D eigenvalue weighted by atomic mass is 10.4. The van der Waals surface area contributed by atoms with Gasteiger partial charge in [-0.05, 0) is 6.08 Å². The Morgan fingerprint density at radius 3 is 2.60 bits per heavy atom. The fourth-order valence-electron chi connectivity index (χ4n) is 0.991. The third-order valence-electron chi connectivity index (χ3n) is 1.63. The van der Waals surface area contributed by atoms with Gasteiger partial charge in [0, 0.05) is 13.1 Å². The maximum atomic E-state index is 9.24. The first kappa shape index (κ1) is 7.72. The molecule has 0 spiro atoms. The molecule has 1 saturated heterocycles. The van der Waals surface area contributed by atoms with Crippen molar-refractivity contribution in [1.29, 1.82) is 0 Å². The summed E-state index contributed by atoms with van der Waals surface area (Å²) in [7, 11) is 0. The standard InChI is InChI=1S/C7H13NO2/c1-2-7(9)8-3-5-10-6-4-8/h2,7,9H,1,3-6H2. The summed E-state index contributed by atoms with van der Waals surface area (Å²) in [5.74, 6) is 0. The number of nitrogens with zero attached hydrogens (tertiary/aromatic N) is 1. The average Bonchev–Trinajstić information content (AvgIpc) is 2.05. The fourth-order valence-corrected chi connectivity index (χ4v) is 0.991. The van der Waals surface area contributed by atoms with Crippen LogP contribution in [0.2, 0.25) is 0 Å². The van der Waals surface area contributed by atoms with Crippen LogP contribution in [-0.2, 0) is 4.74 Å². The van der Waals surface area contributed by atoms with Gasteiger partial charge in [-0.3, -0.25) is 4.90 Å². The van der Waals surface area contributed by atoms with Gasteiger partial charge in [-0.15, -0.1) is 0 Å². The maximum absolute atomic E-state index is 9.24. The molecule has 3 nitrogen and oxygen atoms in total. The van der Waals surface area contributed by atoms with E-state index in [-0.39, 0.29) is 0 Å². The molecule has 0 amide bonds. The predicted molar refractivity (Wildman–Crippen MR) is 38.6 cm³/mol. The second-order valence-electron chi connectivity index (χ2n) is 2.30. The van der Waals surface area contributed by atoms with Crippen LogP contribution in [0, 0.1) is 0 Å². The van der Waals surface area contributed by atoms with Gasteiger partial charge >= 0.3 is 0 Å². The van der Waals surface area contributed by atoms with Crippen LogP contribution in [0.4, 0.5) is 0 Å². The minimum absolute atomic E-state index is 0.496. The molecule has 0 saturated carbocycles. The summed E-state index contributed by atoms with van der Waals surface area (Å²) in [6.07, 6.45) is 1.04. The normalized spacial score (nSPS) is 24.1. The van der Waals surface area contributed by atoms with Gasteiger partial charge in [-0.25, -0.2) is 0 Å². The topological polar surface area (TPSA) is 32.7 Å². The van der Waals surface area contributed by atoms with Gasteiger partial charge in [0.15, 0.2) is 0 Å². The predicted octanol–water partition coefficient (Wildman–Crippen LogP) is -0.177. The van der Waals surface area contributed by atoms with Crippen molar-refractivity contribution in [3.63, 3.8) is 0 Å². The highest BCUT2D eigenvalue weighted by Gasteiger charge is 2.14. The number of hydrogen-bond donors (Lipinski definition) is 1. The summed E-state index contributed by atoms with van der Waals surface area (Å²) in [6.45, 7) is 6.53. The molecule has 1 aliphatic rings. The summed E-state index contributed by atoms with van der Waals surface area (Å²) in [5.41, 5.74) is 0. The monoisotopic (exact) mass is 143 g/mol. The van der Waals surface area contributed by atoms with Crippen LogP contribution in [0.15, 0.2) is 12.7 Å². The average molecular weight is 143 g/mol. The molecule has 1 aliphatic heterocycles. The van der Waals surface area contributed by atoms with Crippen LogP contribution in [-0.4, -0.2) is 42.5 Å². The smallest absolute Gasteiger partial charge is 0.126 e. The summed E-state index contributed by atoms with van der Waals surface area (Å²) >= 11 is 0. The van der Waals surface area contributed by atoms with Crippen LogP contribution in [0.1, 0.15) is 0 Å². The molecule has 1 atom stereocenters. The Kier molecular flexibility index (Phi) is 2.86. The molecular weight excluding hydrogens is 130 g/mol. The van der Waals surface area contributed by atoms with Crippen molar-refractivity contribution in [3.8, 4) is 0 Å². The van der Waals surface area contributed by atoms with E-state index in [2.05, 4.69) is 6.58 Å². The van der Waals surface area contributed by atoms with E-state index >= 15 is 0 Å².